The highest BCUT2D eigenvalue weighted by Gasteiger charge is 2.22. The van der Waals surface area contributed by atoms with Gasteiger partial charge in [-0.25, -0.2) is 14.9 Å². The third-order valence-corrected chi connectivity index (χ3v) is 5.69. The van der Waals surface area contributed by atoms with Gasteiger partial charge in [-0.2, -0.15) is 0 Å². The fourth-order valence-electron chi connectivity index (χ4n) is 3.09. The second kappa shape index (κ2) is 18.0. The van der Waals surface area contributed by atoms with E-state index in [2.05, 4.69) is 75.4 Å². The summed E-state index contributed by atoms with van der Waals surface area (Å²) in [6, 6.07) is 6.57. The van der Waals surface area contributed by atoms with Crippen molar-refractivity contribution in [2.45, 2.75) is 40.7 Å². The number of hydroxylamine groups is 1. The Bertz CT molecular complexity index is 1240. The zero-order valence-electron chi connectivity index (χ0n) is 22.1. The van der Waals surface area contributed by atoms with Crippen LogP contribution in [0.5, 0.6) is 0 Å². The molecule has 0 unspecified atom stereocenters. The van der Waals surface area contributed by atoms with Crippen molar-refractivity contribution in [3.8, 4) is 0 Å². The zero-order chi connectivity index (χ0) is 28.7. The lowest BCUT2D eigenvalue weighted by atomic mass is 10.1. The molecular formula is C27H34BrCl2FN4O3. The first-order valence-corrected chi connectivity index (χ1v) is 13.7. The minimum atomic E-state index is -0.684. The Morgan fingerprint density at radius 3 is 2.58 bits per heavy atom. The average molecular weight is 632 g/mol. The Kier molecular flexibility index (Phi) is 15.9. The van der Waals surface area contributed by atoms with E-state index < -0.39 is 11.7 Å². The number of amides is 1. The van der Waals surface area contributed by atoms with Crippen LogP contribution >= 0.6 is 39.1 Å². The van der Waals surface area contributed by atoms with Crippen LogP contribution in [0.2, 0.25) is 5.02 Å². The van der Waals surface area contributed by atoms with Crippen LogP contribution in [0.25, 0.3) is 11.0 Å². The number of halogens is 4. The summed E-state index contributed by atoms with van der Waals surface area (Å²) in [4.78, 5) is 21.6. The monoisotopic (exact) mass is 630 g/mol. The summed E-state index contributed by atoms with van der Waals surface area (Å²) < 4.78 is 17.8. The molecule has 11 heteroatoms. The van der Waals surface area contributed by atoms with Crippen molar-refractivity contribution >= 4 is 67.4 Å². The number of benzene rings is 2. The molecule has 3 rings (SSSR count). The SMILES string of the molecule is C/C=C\CC=C(C)C.CCl.CCn1cnc2c(F)c(Nc3ccc(Br)cc3Cl)c(C(=O)NOCCO)cc21. The second-order valence-electron chi connectivity index (χ2n) is 7.85. The van der Waals surface area contributed by atoms with Gasteiger partial charge < -0.3 is 15.0 Å². The van der Waals surface area contributed by atoms with Gasteiger partial charge in [0.2, 0.25) is 0 Å². The molecule has 0 spiro atoms. The number of imidazole rings is 1. The number of fused-ring (bicyclic) bond motifs is 1. The molecule has 0 bridgehead atoms. The Hall–Kier alpha value is -2.43. The number of allylic oxidation sites excluding steroid dienone is 4. The van der Waals surface area contributed by atoms with Crippen LogP contribution in [0.1, 0.15) is 44.5 Å². The standard InChI is InChI=1S/C18H17BrClFN4O3.C8H14.CH3Cl/c1-2-25-9-22-17-14(25)8-11(18(27)24-28-6-5-26)16(15(17)21)23-13-4-3-10(19)7-12(13)20;1-4-5-6-7-8(2)3;1-2/h3-4,7-9,23,26H,2,5-6H2,1H3,(H,24,27);4-5,7H,6H2,1-3H3;1H3/b;5-4-;. The maximum Gasteiger partial charge on any atom is 0.277 e. The van der Waals surface area contributed by atoms with Crippen LogP contribution in [0.15, 0.2) is 58.9 Å². The molecule has 1 heterocycles. The van der Waals surface area contributed by atoms with Gasteiger partial charge in [-0.3, -0.25) is 9.63 Å². The molecule has 0 atom stereocenters. The molecule has 0 radical (unpaired) electrons. The third-order valence-electron chi connectivity index (χ3n) is 4.89. The van der Waals surface area contributed by atoms with E-state index in [0.29, 0.717) is 22.8 Å². The van der Waals surface area contributed by atoms with Crippen molar-refractivity contribution < 1.29 is 19.1 Å². The first-order valence-electron chi connectivity index (χ1n) is 11.8. The molecule has 7 nitrogen and oxygen atoms in total. The average Bonchev–Trinajstić information content (AvgIpc) is 3.32. The lowest BCUT2D eigenvalue weighted by Gasteiger charge is -2.15. The largest absolute Gasteiger partial charge is 0.394 e. The molecule has 3 N–H and O–H groups in total. The topological polar surface area (TPSA) is 88.4 Å². The number of rotatable bonds is 9. The molecule has 2 aromatic carbocycles. The summed E-state index contributed by atoms with van der Waals surface area (Å²) in [6.07, 6.45) is 10.5. The van der Waals surface area contributed by atoms with Crippen molar-refractivity contribution in [2.24, 2.45) is 0 Å². The molecule has 1 aromatic heterocycles. The van der Waals surface area contributed by atoms with E-state index in [1.807, 2.05) is 13.8 Å². The number of nitrogens with one attached hydrogen (secondary N) is 2. The Morgan fingerprint density at radius 2 is 2.00 bits per heavy atom. The van der Waals surface area contributed by atoms with Gasteiger partial charge in [0.1, 0.15) is 5.52 Å². The fourth-order valence-corrected chi connectivity index (χ4v) is 3.81. The van der Waals surface area contributed by atoms with Crippen LogP contribution < -0.4 is 10.8 Å². The molecule has 0 aliphatic carbocycles. The number of aromatic nitrogens is 2. The first kappa shape index (κ1) is 33.6. The molecule has 208 valence electrons. The van der Waals surface area contributed by atoms with Crippen molar-refractivity contribution in [3.63, 3.8) is 0 Å². The van der Waals surface area contributed by atoms with Crippen LogP contribution in [-0.2, 0) is 11.4 Å². The van der Waals surface area contributed by atoms with Crippen molar-refractivity contribution in [1.82, 2.24) is 15.0 Å². The minimum Gasteiger partial charge on any atom is -0.394 e. The van der Waals surface area contributed by atoms with Gasteiger partial charge in [0.15, 0.2) is 5.82 Å². The molecule has 0 saturated carbocycles. The lowest BCUT2D eigenvalue weighted by Crippen LogP contribution is -2.26. The quantitative estimate of drug-likeness (QED) is 0.0971. The van der Waals surface area contributed by atoms with Gasteiger partial charge in [0.25, 0.3) is 5.91 Å². The van der Waals surface area contributed by atoms with Gasteiger partial charge in [0, 0.05) is 17.4 Å². The van der Waals surface area contributed by atoms with Gasteiger partial charge in [-0.05, 0) is 58.4 Å². The number of alkyl halides is 1. The summed E-state index contributed by atoms with van der Waals surface area (Å²) in [7, 11) is 0. The van der Waals surface area contributed by atoms with Crippen molar-refractivity contribution in [1.29, 1.82) is 0 Å². The van der Waals surface area contributed by atoms with Crippen LogP contribution in [-0.4, -0.2) is 40.2 Å². The Morgan fingerprint density at radius 1 is 1.29 bits per heavy atom. The summed E-state index contributed by atoms with van der Waals surface area (Å²) in [6.45, 7) is 8.35. The third kappa shape index (κ3) is 10.0. The van der Waals surface area contributed by atoms with E-state index in [1.165, 1.54) is 24.3 Å². The molecule has 0 aliphatic heterocycles. The number of nitrogens with zero attached hydrogens (tertiary/aromatic N) is 2. The van der Waals surface area contributed by atoms with E-state index in [9.17, 15) is 4.79 Å². The Balaban J connectivity index is 0.000000620. The van der Waals surface area contributed by atoms with Gasteiger partial charge >= 0.3 is 0 Å². The molecule has 0 fully saturated rings. The number of aryl methyl sites for hydroxylation is 1. The zero-order valence-corrected chi connectivity index (χ0v) is 25.2. The summed E-state index contributed by atoms with van der Waals surface area (Å²) in [5.41, 5.74) is 4.54. The first-order chi connectivity index (χ1) is 18.2. The van der Waals surface area contributed by atoms with Crippen molar-refractivity contribution in [2.75, 3.05) is 24.9 Å². The van der Waals surface area contributed by atoms with E-state index in [1.54, 1.807) is 22.8 Å². The molecule has 0 saturated heterocycles. The molecule has 1 amide bonds. The van der Waals surface area contributed by atoms with Gasteiger partial charge in [0.05, 0.1) is 47.0 Å². The maximum atomic E-state index is 15.3. The highest BCUT2D eigenvalue weighted by atomic mass is 79.9. The molecule has 38 heavy (non-hydrogen) atoms. The lowest BCUT2D eigenvalue weighted by molar-refractivity contribution is 0.0169. The van der Waals surface area contributed by atoms with Gasteiger partial charge in [-0.1, -0.05) is 51.3 Å². The van der Waals surface area contributed by atoms with Crippen LogP contribution in [0.3, 0.4) is 0 Å². The number of carbonyl (C=O) groups is 1. The van der Waals surface area contributed by atoms with Crippen LogP contribution in [0.4, 0.5) is 15.8 Å². The number of anilines is 2. The van der Waals surface area contributed by atoms with Crippen molar-refractivity contribution in [3.05, 3.63) is 75.3 Å². The van der Waals surface area contributed by atoms with E-state index in [4.69, 9.17) is 21.5 Å². The smallest absolute Gasteiger partial charge is 0.277 e. The minimum absolute atomic E-state index is 0.0112. The predicted octanol–water partition coefficient (Wildman–Crippen LogP) is 7.78. The normalized spacial score (nSPS) is 10.4. The van der Waals surface area contributed by atoms with E-state index in [-0.39, 0.29) is 30.0 Å². The number of aliphatic hydroxyl groups excluding tert-OH is 1. The number of hydrogen-bond donors (Lipinski definition) is 3. The highest BCUT2D eigenvalue weighted by molar-refractivity contribution is 9.10. The molecule has 3 aromatic rings. The van der Waals surface area contributed by atoms with E-state index in [0.717, 1.165) is 10.9 Å². The Labute approximate surface area is 241 Å². The summed E-state index contributed by atoms with van der Waals surface area (Å²) in [5, 5.41) is 12.0. The molecule has 0 aliphatic rings. The number of carbonyl (C=O) groups excluding carboxylic acids is 1. The van der Waals surface area contributed by atoms with Crippen LogP contribution in [0, 0.1) is 5.82 Å². The highest BCUT2D eigenvalue weighted by Crippen LogP contribution is 2.34. The summed E-state index contributed by atoms with van der Waals surface area (Å²) >= 11 is 14.2. The van der Waals surface area contributed by atoms with E-state index >= 15 is 4.39 Å². The molecular weight excluding hydrogens is 598 g/mol. The van der Waals surface area contributed by atoms with Gasteiger partial charge in [-0.15, -0.1) is 11.6 Å². The predicted molar refractivity (Wildman–Crippen MR) is 159 cm³/mol. The fraction of sp³-hybridized carbons (Fsp3) is 0.333. The number of aliphatic hydroxyl groups is 1. The number of hydrogen-bond acceptors (Lipinski definition) is 5. The summed E-state index contributed by atoms with van der Waals surface area (Å²) in [5.74, 6) is -1.36. The second-order valence-corrected chi connectivity index (χ2v) is 9.17. The maximum absolute atomic E-state index is 15.3.